The predicted molar refractivity (Wildman–Crippen MR) is 85.4 cm³/mol. The highest BCUT2D eigenvalue weighted by Gasteiger charge is 2.27. The van der Waals surface area contributed by atoms with Gasteiger partial charge in [0.05, 0.1) is 0 Å². The van der Waals surface area contributed by atoms with Crippen molar-refractivity contribution in [2.45, 2.75) is 13.0 Å². The van der Waals surface area contributed by atoms with Gasteiger partial charge in [-0.15, -0.1) is 0 Å². The SMILES string of the molecule is O=C1CC(/C=C/c2ccccc2)CN1Cc1ccccc1. The van der Waals surface area contributed by atoms with Crippen molar-refractivity contribution in [3.63, 3.8) is 0 Å². The van der Waals surface area contributed by atoms with Crippen LogP contribution in [0.5, 0.6) is 0 Å². The lowest BCUT2D eigenvalue weighted by atomic mass is 10.1. The summed E-state index contributed by atoms with van der Waals surface area (Å²) < 4.78 is 0. The highest BCUT2D eigenvalue weighted by atomic mass is 16.2. The molecule has 2 aromatic rings. The van der Waals surface area contributed by atoms with Gasteiger partial charge < -0.3 is 4.90 Å². The number of carbonyl (C=O) groups excluding carboxylic acids is 1. The van der Waals surface area contributed by atoms with Crippen LogP contribution in [0.15, 0.2) is 66.7 Å². The molecule has 0 aromatic heterocycles. The average molecular weight is 277 g/mol. The quantitative estimate of drug-likeness (QED) is 0.833. The Morgan fingerprint density at radius 3 is 2.38 bits per heavy atom. The topological polar surface area (TPSA) is 20.3 Å². The standard InChI is InChI=1S/C19H19NO/c21-19-13-18(12-11-16-7-3-1-4-8-16)15-20(19)14-17-9-5-2-6-10-17/h1-12,18H,13-15H2/b12-11+. The van der Waals surface area contributed by atoms with Gasteiger partial charge in [-0.25, -0.2) is 0 Å². The van der Waals surface area contributed by atoms with E-state index in [1.54, 1.807) is 0 Å². The Kier molecular flexibility index (Phi) is 4.15. The van der Waals surface area contributed by atoms with Crippen molar-refractivity contribution in [3.8, 4) is 0 Å². The summed E-state index contributed by atoms with van der Waals surface area (Å²) in [6.07, 6.45) is 4.90. The molecule has 0 aliphatic carbocycles. The molecule has 0 saturated carbocycles. The van der Waals surface area contributed by atoms with Crippen molar-refractivity contribution >= 4 is 12.0 Å². The zero-order valence-corrected chi connectivity index (χ0v) is 12.0. The third-order valence-corrected chi connectivity index (χ3v) is 3.82. The summed E-state index contributed by atoms with van der Waals surface area (Å²) in [5.74, 6) is 0.572. The van der Waals surface area contributed by atoms with E-state index in [2.05, 4.69) is 36.4 Å². The van der Waals surface area contributed by atoms with Crippen LogP contribution in [0.4, 0.5) is 0 Å². The molecule has 1 fully saturated rings. The molecule has 2 heteroatoms. The van der Waals surface area contributed by atoms with Gasteiger partial charge in [-0.3, -0.25) is 4.79 Å². The molecule has 106 valence electrons. The number of hydrogen-bond acceptors (Lipinski definition) is 1. The summed E-state index contributed by atoms with van der Waals surface area (Å²) in [4.78, 5) is 14.0. The molecule has 1 aliphatic heterocycles. The highest BCUT2D eigenvalue weighted by molar-refractivity contribution is 5.79. The first-order valence-electron chi connectivity index (χ1n) is 7.36. The van der Waals surface area contributed by atoms with Crippen LogP contribution >= 0.6 is 0 Å². The van der Waals surface area contributed by atoms with Gasteiger partial charge >= 0.3 is 0 Å². The average Bonchev–Trinajstić information content (AvgIpc) is 2.87. The number of nitrogens with zero attached hydrogens (tertiary/aromatic N) is 1. The molecule has 1 atom stereocenters. The summed E-state index contributed by atoms with van der Waals surface area (Å²) in [5, 5.41) is 0. The zero-order chi connectivity index (χ0) is 14.5. The van der Waals surface area contributed by atoms with Crippen molar-refractivity contribution in [2.75, 3.05) is 6.54 Å². The number of rotatable bonds is 4. The lowest BCUT2D eigenvalue weighted by Gasteiger charge is -2.15. The minimum atomic E-state index is 0.251. The van der Waals surface area contributed by atoms with Gasteiger partial charge in [0.25, 0.3) is 0 Å². The molecular formula is C19H19NO. The first-order chi connectivity index (χ1) is 10.3. The van der Waals surface area contributed by atoms with E-state index in [0.717, 1.165) is 13.1 Å². The Bertz CT molecular complexity index is 619. The van der Waals surface area contributed by atoms with E-state index in [9.17, 15) is 4.79 Å². The maximum atomic E-state index is 12.1. The second kappa shape index (κ2) is 6.40. The molecule has 0 radical (unpaired) electrons. The molecule has 0 bridgehead atoms. The van der Waals surface area contributed by atoms with Crippen LogP contribution in [0.25, 0.3) is 6.08 Å². The van der Waals surface area contributed by atoms with E-state index in [-0.39, 0.29) is 5.91 Å². The predicted octanol–water partition coefficient (Wildman–Crippen LogP) is 3.75. The van der Waals surface area contributed by atoms with Gasteiger partial charge in [-0.05, 0) is 11.1 Å². The van der Waals surface area contributed by atoms with Crippen molar-refractivity contribution < 1.29 is 4.79 Å². The molecule has 0 spiro atoms. The van der Waals surface area contributed by atoms with E-state index >= 15 is 0 Å². The summed E-state index contributed by atoms with van der Waals surface area (Å²) in [7, 11) is 0. The minimum absolute atomic E-state index is 0.251. The van der Waals surface area contributed by atoms with Crippen molar-refractivity contribution in [1.29, 1.82) is 0 Å². The third kappa shape index (κ3) is 3.60. The van der Waals surface area contributed by atoms with E-state index in [0.29, 0.717) is 12.3 Å². The number of benzene rings is 2. The molecule has 21 heavy (non-hydrogen) atoms. The van der Waals surface area contributed by atoms with Crippen molar-refractivity contribution in [2.24, 2.45) is 5.92 Å². The number of amides is 1. The van der Waals surface area contributed by atoms with Crippen LogP contribution in [0.3, 0.4) is 0 Å². The second-order valence-electron chi connectivity index (χ2n) is 5.49. The summed E-state index contributed by atoms with van der Waals surface area (Å²) in [6, 6.07) is 20.4. The summed E-state index contributed by atoms with van der Waals surface area (Å²) >= 11 is 0. The largest absolute Gasteiger partial charge is 0.338 e. The normalized spacial score (nSPS) is 18.6. The van der Waals surface area contributed by atoms with Crippen molar-refractivity contribution in [1.82, 2.24) is 4.90 Å². The van der Waals surface area contributed by atoms with Crippen LogP contribution in [-0.2, 0) is 11.3 Å². The molecule has 2 nitrogen and oxygen atoms in total. The Morgan fingerprint density at radius 1 is 1.00 bits per heavy atom. The smallest absolute Gasteiger partial charge is 0.223 e. The Morgan fingerprint density at radius 2 is 1.67 bits per heavy atom. The van der Waals surface area contributed by atoms with Crippen LogP contribution in [0, 0.1) is 5.92 Å². The Labute approximate surface area is 125 Å². The van der Waals surface area contributed by atoms with Gasteiger partial charge in [0.1, 0.15) is 0 Å². The fourth-order valence-corrected chi connectivity index (χ4v) is 2.70. The molecule has 3 rings (SSSR count). The van der Waals surface area contributed by atoms with Gasteiger partial charge in [0, 0.05) is 25.4 Å². The fourth-order valence-electron chi connectivity index (χ4n) is 2.70. The molecule has 2 aromatic carbocycles. The first kappa shape index (κ1) is 13.6. The molecule has 1 unspecified atom stereocenters. The fraction of sp³-hybridized carbons (Fsp3) is 0.211. The number of likely N-dealkylation sites (tertiary alicyclic amines) is 1. The second-order valence-corrected chi connectivity index (χ2v) is 5.49. The maximum absolute atomic E-state index is 12.1. The third-order valence-electron chi connectivity index (χ3n) is 3.82. The van der Waals surface area contributed by atoms with Gasteiger partial charge in [0.15, 0.2) is 0 Å². The van der Waals surface area contributed by atoms with E-state index in [1.807, 2.05) is 41.3 Å². The maximum Gasteiger partial charge on any atom is 0.223 e. The lowest BCUT2D eigenvalue weighted by molar-refractivity contribution is -0.128. The molecule has 1 heterocycles. The van der Waals surface area contributed by atoms with E-state index in [4.69, 9.17) is 0 Å². The molecule has 1 aliphatic rings. The number of carbonyl (C=O) groups is 1. The molecule has 1 saturated heterocycles. The number of hydrogen-bond donors (Lipinski definition) is 0. The monoisotopic (exact) mass is 277 g/mol. The minimum Gasteiger partial charge on any atom is -0.338 e. The summed E-state index contributed by atoms with van der Waals surface area (Å²) in [6.45, 7) is 1.53. The van der Waals surface area contributed by atoms with Crippen LogP contribution in [-0.4, -0.2) is 17.4 Å². The first-order valence-corrected chi connectivity index (χ1v) is 7.36. The highest BCUT2D eigenvalue weighted by Crippen LogP contribution is 2.22. The molecule has 1 amide bonds. The van der Waals surface area contributed by atoms with Crippen LogP contribution in [0.1, 0.15) is 17.5 Å². The van der Waals surface area contributed by atoms with Gasteiger partial charge in [-0.1, -0.05) is 72.8 Å². The van der Waals surface area contributed by atoms with Crippen LogP contribution < -0.4 is 0 Å². The summed E-state index contributed by atoms with van der Waals surface area (Å²) in [5.41, 5.74) is 2.38. The Hall–Kier alpha value is -2.35. The lowest BCUT2D eigenvalue weighted by Crippen LogP contribution is -2.24. The molecular weight excluding hydrogens is 258 g/mol. The zero-order valence-electron chi connectivity index (χ0n) is 12.0. The van der Waals surface area contributed by atoms with Gasteiger partial charge in [0.2, 0.25) is 5.91 Å². The van der Waals surface area contributed by atoms with Crippen molar-refractivity contribution in [3.05, 3.63) is 77.9 Å². The van der Waals surface area contributed by atoms with Gasteiger partial charge in [-0.2, -0.15) is 0 Å². The van der Waals surface area contributed by atoms with E-state index < -0.39 is 0 Å². The van der Waals surface area contributed by atoms with Crippen LogP contribution in [0.2, 0.25) is 0 Å². The Balaban J connectivity index is 1.61. The van der Waals surface area contributed by atoms with E-state index in [1.165, 1.54) is 11.1 Å². The molecule has 0 N–H and O–H groups in total.